The van der Waals surface area contributed by atoms with Gasteiger partial charge in [0, 0.05) is 12.6 Å². The van der Waals surface area contributed by atoms with Crippen LogP contribution in [0.5, 0.6) is 0 Å². The summed E-state index contributed by atoms with van der Waals surface area (Å²) in [5.41, 5.74) is 2.41. The van der Waals surface area contributed by atoms with Crippen LogP contribution in [0, 0.1) is 17.8 Å². The van der Waals surface area contributed by atoms with Crippen LogP contribution < -0.4 is 5.32 Å². The molecule has 3 rings (SSSR count). The van der Waals surface area contributed by atoms with Gasteiger partial charge in [0.1, 0.15) is 0 Å². The molecule has 0 bridgehead atoms. The van der Waals surface area contributed by atoms with Gasteiger partial charge in [-0.2, -0.15) is 0 Å². The van der Waals surface area contributed by atoms with Crippen molar-refractivity contribution in [2.45, 2.75) is 58.1 Å². The predicted octanol–water partition coefficient (Wildman–Crippen LogP) is 3.70. The third-order valence-corrected chi connectivity index (χ3v) is 4.82. The van der Waals surface area contributed by atoms with Crippen molar-refractivity contribution in [3.8, 4) is 0 Å². The molecule has 1 aromatic carbocycles. The number of nitrogens with one attached hydrogen (secondary N) is 1. The molecule has 2 fully saturated rings. The van der Waals surface area contributed by atoms with Crippen LogP contribution in [-0.4, -0.2) is 17.7 Å². The Bertz CT molecular complexity index is 433. The topological polar surface area (TPSA) is 32.3 Å². The van der Waals surface area contributed by atoms with E-state index in [0.717, 1.165) is 23.8 Å². The van der Waals surface area contributed by atoms with Gasteiger partial charge in [0.25, 0.3) is 0 Å². The number of hydrogen-bond donors (Lipinski definition) is 2. The Morgan fingerprint density at radius 3 is 2.10 bits per heavy atom. The fraction of sp³-hybridized carbons (Fsp3) is 0.684. The summed E-state index contributed by atoms with van der Waals surface area (Å²) in [4.78, 5) is 0. The van der Waals surface area contributed by atoms with Gasteiger partial charge in [0.15, 0.2) is 0 Å². The molecule has 2 saturated carbocycles. The van der Waals surface area contributed by atoms with Crippen LogP contribution in [0.1, 0.15) is 56.8 Å². The minimum Gasteiger partial charge on any atom is -0.387 e. The Morgan fingerprint density at radius 1 is 1.05 bits per heavy atom. The molecule has 0 aliphatic heterocycles. The van der Waals surface area contributed by atoms with E-state index >= 15 is 0 Å². The average molecular weight is 287 g/mol. The molecule has 0 heterocycles. The summed E-state index contributed by atoms with van der Waals surface area (Å²) in [5, 5.41) is 14.0. The lowest BCUT2D eigenvalue weighted by Gasteiger charge is -2.20. The van der Waals surface area contributed by atoms with E-state index in [1.807, 2.05) is 0 Å². The number of hydrogen-bond acceptors (Lipinski definition) is 2. The van der Waals surface area contributed by atoms with E-state index in [4.69, 9.17) is 0 Å². The van der Waals surface area contributed by atoms with Gasteiger partial charge < -0.3 is 10.4 Å². The molecule has 0 spiro atoms. The van der Waals surface area contributed by atoms with Gasteiger partial charge in [-0.15, -0.1) is 0 Å². The summed E-state index contributed by atoms with van der Waals surface area (Å²) in [5.74, 6) is 2.46. The predicted molar refractivity (Wildman–Crippen MR) is 87.2 cm³/mol. The summed E-state index contributed by atoms with van der Waals surface area (Å²) in [6.07, 6.45) is 6.27. The van der Waals surface area contributed by atoms with E-state index in [-0.39, 0.29) is 6.10 Å². The first-order valence-electron chi connectivity index (χ1n) is 8.63. The first-order chi connectivity index (χ1) is 10.1. The van der Waals surface area contributed by atoms with Gasteiger partial charge in [0.2, 0.25) is 0 Å². The van der Waals surface area contributed by atoms with Crippen LogP contribution in [-0.2, 0) is 6.42 Å². The summed E-state index contributed by atoms with van der Waals surface area (Å²) < 4.78 is 0. The zero-order valence-corrected chi connectivity index (χ0v) is 13.4. The third kappa shape index (κ3) is 4.31. The summed E-state index contributed by atoms with van der Waals surface area (Å²) in [7, 11) is 0. The normalized spacial score (nSPS) is 20.2. The molecule has 0 radical (unpaired) electrons. The second kappa shape index (κ2) is 6.50. The molecule has 21 heavy (non-hydrogen) atoms. The van der Waals surface area contributed by atoms with Crippen LogP contribution in [0.4, 0.5) is 0 Å². The van der Waals surface area contributed by atoms with E-state index in [1.165, 1.54) is 31.2 Å². The van der Waals surface area contributed by atoms with Crippen LogP contribution in [0.25, 0.3) is 0 Å². The lowest BCUT2D eigenvalue weighted by atomic mass is 10.00. The highest BCUT2D eigenvalue weighted by molar-refractivity contribution is 5.24. The van der Waals surface area contributed by atoms with Crippen LogP contribution in [0.2, 0.25) is 0 Å². The molecular formula is C19H29NO. The molecule has 116 valence electrons. The molecule has 1 unspecified atom stereocenters. The monoisotopic (exact) mass is 287 g/mol. The lowest BCUT2D eigenvalue weighted by molar-refractivity contribution is 0.165. The molecule has 2 N–H and O–H groups in total. The van der Waals surface area contributed by atoms with E-state index in [2.05, 4.69) is 43.4 Å². The van der Waals surface area contributed by atoms with Crippen molar-refractivity contribution in [2.24, 2.45) is 17.8 Å². The molecule has 2 nitrogen and oxygen atoms in total. The fourth-order valence-corrected chi connectivity index (χ4v) is 3.34. The molecule has 1 aromatic rings. The summed E-state index contributed by atoms with van der Waals surface area (Å²) in [6, 6.07) is 9.18. The second-order valence-electron chi connectivity index (χ2n) is 7.46. The smallest absolute Gasteiger partial charge is 0.0914 e. The van der Waals surface area contributed by atoms with Gasteiger partial charge in [-0.3, -0.25) is 0 Å². The molecule has 2 aliphatic rings. The van der Waals surface area contributed by atoms with E-state index in [9.17, 15) is 5.11 Å². The van der Waals surface area contributed by atoms with Crippen molar-refractivity contribution in [1.82, 2.24) is 5.32 Å². The molecule has 0 amide bonds. The first kappa shape index (κ1) is 15.1. The van der Waals surface area contributed by atoms with Gasteiger partial charge in [0.05, 0.1) is 6.10 Å². The highest BCUT2D eigenvalue weighted by Crippen LogP contribution is 2.44. The molecule has 2 aliphatic carbocycles. The summed E-state index contributed by atoms with van der Waals surface area (Å²) >= 11 is 0. The van der Waals surface area contributed by atoms with Crippen molar-refractivity contribution in [3.63, 3.8) is 0 Å². The fourth-order valence-electron chi connectivity index (χ4n) is 3.34. The third-order valence-electron chi connectivity index (χ3n) is 4.82. The highest BCUT2D eigenvalue weighted by atomic mass is 16.3. The molecule has 0 aromatic heterocycles. The molecular weight excluding hydrogens is 258 g/mol. The Balaban J connectivity index is 1.51. The Labute approximate surface area is 129 Å². The van der Waals surface area contributed by atoms with Crippen LogP contribution >= 0.6 is 0 Å². The number of benzene rings is 1. The number of aliphatic hydroxyl groups is 1. The van der Waals surface area contributed by atoms with Gasteiger partial charge >= 0.3 is 0 Å². The quantitative estimate of drug-likeness (QED) is 0.764. The zero-order chi connectivity index (χ0) is 14.8. The standard InChI is InChI=1S/C19H29NO/c1-13(2)11-14-3-5-15(6-4-14)18(21)12-20-19(16-7-8-16)17-9-10-17/h3-6,13,16-21H,7-12H2,1-2H3. The van der Waals surface area contributed by atoms with Crippen molar-refractivity contribution in [3.05, 3.63) is 35.4 Å². The Kier molecular flexibility index (Phi) is 4.66. The van der Waals surface area contributed by atoms with Crippen LogP contribution in [0.15, 0.2) is 24.3 Å². The summed E-state index contributed by atoms with van der Waals surface area (Å²) in [6.45, 7) is 5.17. The minimum atomic E-state index is -0.377. The Morgan fingerprint density at radius 2 is 1.62 bits per heavy atom. The average Bonchev–Trinajstić information content (AvgIpc) is 3.33. The maximum absolute atomic E-state index is 10.4. The number of rotatable bonds is 8. The second-order valence-corrected chi connectivity index (χ2v) is 7.46. The maximum Gasteiger partial charge on any atom is 0.0914 e. The highest BCUT2D eigenvalue weighted by Gasteiger charge is 2.41. The van der Waals surface area contributed by atoms with Crippen molar-refractivity contribution < 1.29 is 5.11 Å². The van der Waals surface area contributed by atoms with Gasteiger partial charge in [-0.1, -0.05) is 38.1 Å². The minimum absolute atomic E-state index is 0.377. The van der Waals surface area contributed by atoms with E-state index < -0.39 is 0 Å². The van der Waals surface area contributed by atoms with E-state index in [0.29, 0.717) is 18.5 Å². The lowest BCUT2D eigenvalue weighted by Crippen LogP contribution is -2.36. The largest absolute Gasteiger partial charge is 0.387 e. The van der Waals surface area contributed by atoms with Gasteiger partial charge in [-0.05, 0) is 61.0 Å². The van der Waals surface area contributed by atoms with Crippen molar-refractivity contribution >= 4 is 0 Å². The van der Waals surface area contributed by atoms with Crippen molar-refractivity contribution in [2.75, 3.05) is 6.54 Å². The van der Waals surface area contributed by atoms with Gasteiger partial charge in [-0.25, -0.2) is 0 Å². The molecule has 0 saturated heterocycles. The zero-order valence-electron chi connectivity index (χ0n) is 13.4. The SMILES string of the molecule is CC(C)Cc1ccc(C(O)CNC(C2CC2)C2CC2)cc1. The molecule has 1 atom stereocenters. The van der Waals surface area contributed by atoms with E-state index in [1.54, 1.807) is 0 Å². The van der Waals surface area contributed by atoms with Crippen LogP contribution in [0.3, 0.4) is 0 Å². The first-order valence-corrected chi connectivity index (χ1v) is 8.63. The maximum atomic E-state index is 10.4. The Hall–Kier alpha value is -0.860. The number of aliphatic hydroxyl groups excluding tert-OH is 1. The van der Waals surface area contributed by atoms with Crippen molar-refractivity contribution in [1.29, 1.82) is 0 Å². The molecule has 2 heteroatoms.